The van der Waals surface area contributed by atoms with Crippen LogP contribution in [0, 0.1) is 0 Å². The number of hydrazone groups is 1. The van der Waals surface area contributed by atoms with Crippen molar-refractivity contribution >= 4 is 18.0 Å². The maximum atomic E-state index is 5.91. The highest BCUT2D eigenvalue weighted by atomic mass is 15.5. The normalized spacial score (nSPS) is 13.4. The van der Waals surface area contributed by atoms with Gasteiger partial charge in [0.25, 0.3) is 0 Å². The predicted octanol–water partition coefficient (Wildman–Crippen LogP) is 3.56. The van der Waals surface area contributed by atoms with Crippen LogP contribution in [0.3, 0.4) is 0 Å². The lowest BCUT2D eigenvalue weighted by molar-refractivity contribution is 0.558. The van der Waals surface area contributed by atoms with E-state index in [4.69, 9.17) is 5.73 Å². The van der Waals surface area contributed by atoms with Gasteiger partial charge in [-0.05, 0) is 24.5 Å². The topological polar surface area (TPSA) is 66.3 Å². The molecule has 0 aromatic heterocycles. The number of aliphatic imine (C=N–C) groups is 2. The van der Waals surface area contributed by atoms with Crippen LogP contribution in [0.5, 0.6) is 0 Å². The zero-order valence-corrected chi connectivity index (χ0v) is 14.1. The highest BCUT2D eigenvalue weighted by Gasteiger charge is 2.01. The van der Waals surface area contributed by atoms with Gasteiger partial charge in [-0.3, -0.25) is 5.01 Å². The Labute approximate surface area is 138 Å². The van der Waals surface area contributed by atoms with Crippen molar-refractivity contribution in [3.05, 3.63) is 60.3 Å². The summed E-state index contributed by atoms with van der Waals surface area (Å²) in [7, 11) is 1.77. The van der Waals surface area contributed by atoms with E-state index in [2.05, 4.69) is 21.7 Å². The summed E-state index contributed by atoms with van der Waals surface area (Å²) in [5, 5.41) is 5.74. The molecule has 0 aliphatic heterocycles. The first-order chi connectivity index (χ1) is 11.1. The molecule has 0 atom stereocenters. The van der Waals surface area contributed by atoms with Gasteiger partial charge < -0.3 is 5.73 Å². The van der Waals surface area contributed by atoms with E-state index in [0.29, 0.717) is 0 Å². The van der Waals surface area contributed by atoms with Crippen LogP contribution in [-0.4, -0.2) is 30.1 Å². The highest BCUT2D eigenvalue weighted by Crippen LogP contribution is 2.05. The van der Waals surface area contributed by atoms with Gasteiger partial charge in [-0.15, -0.1) is 5.10 Å². The van der Waals surface area contributed by atoms with E-state index in [1.54, 1.807) is 24.5 Å². The van der Waals surface area contributed by atoms with Crippen molar-refractivity contribution in [3.63, 3.8) is 0 Å². The maximum absolute atomic E-state index is 5.91. The number of guanidine groups is 1. The second-order valence-corrected chi connectivity index (χ2v) is 4.80. The molecular formula is C18H25N5. The zero-order valence-electron chi connectivity index (χ0n) is 14.1. The Kier molecular flexibility index (Phi) is 8.07. The third kappa shape index (κ3) is 6.74. The van der Waals surface area contributed by atoms with Gasteiger partial charge in [0.05, 0.1) is 5.71 Å². The van der Waals surface area contributed by atoms with Crippen LogP contribution < -0.4 is 5.73 Å². The Hall–Kier alpha value is -2.69. The van der Waals surface area contributed by atoms with Gasteiger partial charge in [0.1, 0.15) is 6.34 Å². The largest absolute Gasteiger partial charge is 0.367 e. The van der Waals surface area contributed by atoms with Gasteiger partial charge in [-0.2, -0.15) is 0 Å². The molecule has 0 radical (unpaired) electrons. The second kappa shape index (κ2) is 10.1. The fraction of sp³-hybridized carbons (Fsp3) is 0.278. The van der Waals surface area contributed by atoms with Crippen molar-refractivity contribution in [1.29, 1.82) is 0 Å². The maximum Gasteiger partial charge on any atom is 0.238 e. The number of rotatable bonds is 7. The van der Waals surface area contributed by atoms with E-state index in [9.17, 15) is 0 Å². The molecular weight excluding hydrogens is 286 g/mol. The molecule has 0 heterocycles. The molecule has 0 bridgehead atoms. The molecule has 0 saturated heterocycles. The van der Waals surface area contributed by atoms with Crippen molar-refractivity contribution in [2.24, 2.45) is 20.8 Å². The van der Waals surface area contributed by atoms with Crippen molar-refractivity contribution in [1.82, 2.24) is 5.01 Å². The molecule has 0 spiro atoms. The molecule has 0 saturated carbocycles. The van der Waals surface area contributed by atoms with Crippen LogP contribution in [-0.2, 0) is 0 Å². The van der Waals surface area contributed by atoms with Crippen LogP contribution in [0.4, 0.5) is 0 Å². The first kappa shape index (κ1) is 18.4. The molecule has 1 aromatic carbocycles. The van der Waals surface area contributed by atoms with Gasteiger partial charge in [-0.1, -0.05) is 56.8 Å². The van der Waals surface area contributed by atoms with Gasteiger partial charge in [0.15, 0.2) is 0 Å². The van der Waals surface area contributed by atoms with E-state index < -0.39 is 0 Å². The Bertz CT molecular complexity index is 612. The van der Waals surface area contributed by atoms with E-state index >= 15 is 0 Å². The Morgan fingerprint density at radius 3 is 2.48 bits per heavy atom. The molecule has 23 heavy (non-hydrogen) atoms. The van der Waals surface area contributed by atoms with Gasteiger partial charge in [0, 0.05) is 12.7 Å². The number of benzene rings is 1. The second-order valence-electron chi connectivity index (χ2n) is 4.80. The molecule has 5 nitrogen and oxygen atoms in total. The fourth-order valence-electron chi connectivity index (χ4n) is 1.87. The van der Waals surface area contributed by atoms with E-state index in [1.807, 2.05) is 50.3 Å². The van der Waals surface area contributed by atoms with Crippen LogP contribution in [0.25, 0.3) is 0 Å². The summed E-state index contributed by atoms with van der Waals surface area (Å²) in [6.07, 6.45) is 6.78. The smallest absolute Gasteiger partial charge is 0.238 e. The molecule has 0 aliphatic rings. The van der Waals surface area contributed by atoms with Crippen molar-refractivity contribution in [3.8, 4) is 0 Å². The van der Waals surface area contributed by atoms with Crippen LogP contribution in [0.1, 0.15) is 32.3 Å². The van der Waals surface area contributed by atoms with Crippen molar-refractivity contribution in [2.45, 2.75) is 26.7 Å². The number of hydrogen-bond acceptors (Lipinski definition) is 2. The average Bonchev–Trinajstić information content (AvgIpc) is 2.57. The fourth-order valence-corrected chi connectivity index (χ4v) is 1.87. The lowest BCUT2D eigenvalue weighted by Gasteiger charge is -2.08. The molecule has 1 rings (SSSR count). The highest BCUT2D eigenvalue weighted by molar-refractivity contribution is 6.06. The lowest BCUT2D eigenvalue weighted by Crippen LogP contribution is -2.19. The minimum atomic E-state index is 0.199. The molecule has 0 aliphatic carbocycles. The Balaban J connectivity index is 2.86. The quantitative estimate of drug-likeness (QED) is 0.362. The number of nitrogens with zero attached hydrogens (tertiary/aromatic N) is 4. The Morgan fingerprint density at radius 2 is 1.91 bits per heavy atom. The predicted molar refractivity (Wildman–Crippen MR) is 99.7 cm³/mol. The number of nitrogens with two attached hydrogens (primary N) is 1. The standard InChI is InChI=1S/C18H25N5/c1-5-11-16(6-2)20-14-23(4)22-18(19)21-17(7-3)15-12-9-8-10-13-15/h5,8-14H,1,6-7H2,2-4H3,(H2,19,22)/b16-11+,20-14-,21-17+. The molecule has 1 aromatic rings. The Morgan fingerprint density at radius 1 is 1.22 bits per heavy atom. The summed E-state index contributed by atoms with van der Waals surface area (Å²) in [5.74, 6) is 0.199. The van der Waals surface area contributed by atoms with E-state index in [-0.39, 0.29) is 5.96 Å². The molecule has 122 valence electrons. The minimum Gasteiger partial charge on any atom is -0.367 e. The minimum absolute atomic E-state index is 0.199. The summed E-state index contributed by atoms with van der Waals surface area (Å²) in [6.45, 7) is 7.73. The van der Waals surface area contributed by atoms with E-state index in [0.717, 1.165) is 29.8 Å². The monoisotopic (exact) mass is 311 g/mol. The lowest BCUT2D eigenvalue weighted by atomic mass is 10.1. The first-order valence-electron chi connectivity index (χ1n) is 7.66. The number of hydrogen-bond donors (Lipinski definition) is 1. The van der Waals surface area contributed by atoms with Gasteiger partial charge in [0.2, 0.25) is 5.96 Å². The van der Waals surface area contributed by atoms with Gasteiger partial charge in [-0.25, -0.2) is 9.98 Å². The summed E-state index contributed by atoms with van der Waals surface area (Å²) in [4.78, 5) is 8.72. The molecule has 2 N–H and O–H groups in total. The third-order valence-electron chi connectivity index (χ3n) is 3.01. The van der Waals surface area contributed by atoms with Gasteiger partial charge >= 0.3 is 0 Å². The average molecular weight is 311 g/mol. The summed E-state index contributed by atoms with van der Waals surface area (Å²) in [5.41, 5.74) is 8.78. The molecule has 0 amide bonds. The summed E-state index contributed by atoms with van der Waals surface area (Å²) in [6, 6.07) is 9.94. The molecule has 0 fully saturated rings. The van der Waals surface area contributed by atoms with Crippen LogP contribution in [0.2, 0.25) is 0 Å². The van der Waals surface area contributed by atoms with Crippen molar-refractivity contribution < 1.29 is 0 Å². The SMILES string of the molecule is C=C/C=C(CC)/N=C\N(C)/N=C(N)\N=C(/CC)c1ccccc1. The zero-order chi connectivity index (χ0) is 17.1. The third-order valence-corrected chi connectivity index (χ3v) is 3.01. The first-order valence-corrected chi connectivity index (χ1v) is 7.66. The molecule has 0 unspecified atom stereocenters. The summed E-state index contributed by atoms with van der Waals surface area (Å²) >= 11 is 0. The van der Waals surface area contributed by atoms with Crippen LogP contribution in [0.15, 0.2) is 69.8 Å². The van der Waals surface area contributed by atoms with E-state index in [1.165, 1.54) is 0 Å². The summed E-state index contributed by atoms with van der Waals surface area (Å²) < 4.78 is 0. The molecule has 5 heteroatoms. The van der Waals surface area contributed by atoms with Crippen LogP contribution >= 0.6 is 0 Å². The number of allylic oxidation sites excluding steroid dienone is 3. The van der Waals surface area contributed by atoms with Crippen molar-refractivity contribution in [2.75, 3.05) is 7.05 Å².